The molecule has 45 heavy (non-hydrogen) atoms. The zero-order valence-corrected chi connectivity index (χ0v) is 26.4. The second kappa shape index (κ2) is 14.5. The number of likely N-dealkylation sites (N-methyl/N-ethyl adjacent to an activating group) is 1. The zero-order chi connectivity index (χ0) is 32.0. The fourth-order valence-electron chi connectivity index (χ4n) is 6.65. The Labute approximate surface area is 265 Å². The van der Waals surface area contributed by atoms with Gasteiger partial charge in [0.2, 0.25) is 23.6 Å². The predicted octanol–water partition coefficient (Wildman–Crippen LogP) is 3.77. The monoisotopic (exact) mass is 619 g/mol. The van der Waals surface area contributed by atoms with Gasteiger partial charge < -0.3 is 25.8 Å². The number of carbonyl (C=O) groups excluding carboxylic acids is 4. The highest BCUT2D eigenvalue weighted by molar-refractivity contribution is 6.00. The topological polar surface area (TPSA) is 111 Å². The first kappa shape index (κ1) is 32.6. The average Bonchev–Trinajstić information content (AvgIpc) is 3.87. The molecule has 0 spiro atoms. The Balaban J connectivity index is 1.28. The summed E-state index contributed by atoms with van der Waals surface area (Å²) in [4.78, 5) is 56.8. The number of amides is 4. The Morgan fingerprint density at radius 1 is 0.933 bits per heavy atom. The summed E-state index contributed by atoms with van der Waals surface area (Å²) in [5.41, 5.74) is 0.881. The number of rotatable bonds is 11. The highest BCUT2D eigenvalue weighted by atomic mass is 19.1. The second-order valence-corrected chi connectivity index (χ2v) is 12.9. The molecule has 4 amide bonds. The van der Waals surface area contributed by atoms with Gasteiger partial charge in [-0.25, -0.2) is 4.39 Å². The summed E-state index contributed by atoms with van der Waals surface area (Å²) >= 11 is 0. The number of anilines is 1. The molecular formula is C35H46FN5O4. The molecule has 2 aromatic carbocycles. The minimum atomic E-state index is -0.814. The smallest absolute Gasteiger partial charge is 0.247 e. The van der Waals surface area contributed by atoms with Gasteiger partial charge >= 0.3 is 0 Å². The van der Waals surface area contributed by atoms with Crippen LogP contribution in [0.5, 0.6) is 0 Å². The molecule has 3 N–H and O–H groups in total. The molecule has 3 fully saturated rings. The van der Waals surface area contributed by atoms with Crippen molar-refractivity contribution in [2.45, 2.75) is 82.2 Å². The molecule has 0 aromatic heterocycles. The predicted molar refractivity (Wildman–Crippen MR) is 171 cm³/mol. The number of benzene rings is 2. The van der Waals surface area contributed by atoms with Gasteiger partial charge in [0.15, 0.2) is 0 Å². The van der Waals surface area contributed by atoms with E-state index < -0.39 is 29.2 Å². The first-order valence-electron chi connectivity index (χ1n) is 16.4. The normalized spacial score (nSPS) is 19.7. The summed E-state index contributed by atoms with van der Waals surface area (Å²) in [5, 5.41) is 8.64. The molecule has 2 atom stereocenters. The van der Waals surface area contributed by atoms with Crippen molar-refractivity contribution in [3.63, 3.8) is 0 Å². The quantitative estimate of drug-likeness (QED) is 0.355. The summed E-state index contributed by atoms with van der Waals surface area (Å²) in [5.74, 6) is -1.67. The SMILES string of the molecule is CCC(=O)N[C@H](Cc1ccc(NC(=O)[C@@H](NC(=O)C2(c3ccccc3)CC2)C2CCCCC2)c(F)c1)C(=O)N1CCN(C)CC1. The van der Waals surface area contributed by atoms with Crippen molar-refractivity contribution < 1.29 is 23.6 Å². The second-order valence-electron chi connectivity index (χ2n) is 12.9. The van der Waals surface area contributed by atoms with E-state index in [1.807, 2.05) is 37.4 Å². The largest absolute Gasteiger partial charge is 0.344 e. The third-order valence-corrected chi connectivity index (χ3v) is 9.70. The van der Waals surface area contributed by atoms with Crippen molar-refractivity contribution in [3.05, 3.63) is 65.5 Å². The summed E-state index contributed by atoms with van der Waals surface area (Å²) in [7, 11) is 2.00. The fourth-order valence-corrected chi connectivity index (χ4v) is 6.65. The molecule has 2 saturated carbocycles. The van der Waals surface area contributed by atoms with Crippen molar-refractivity contribution in [2.75, 3.05) is 38.5 Å². The molecule has 0 bridgehead atoms. The van der Waals surface area contributed by atoms with Crippen molar-refractivity contribution >= 4 is 29.3 Å². The van der Waals surface area contributed by atoms with Crippen molar-refractivity contribution in [1.29, 1.82) is 0 Å². The molecule has 2 aromatic rings. The van der Waals surface area contributed by atoms with Crippen molar-refractivity contribution in [1.82, 2.24) is 20.4 Å². The van der Waals surface area contributed by atoms with Crippen LogP contribution in [-0.4, -0.2) is 78.7 Å². The van der Waals surface area contributed by atoms with E-state index in [0.29, 0.717) is 18.7 Å². The molecule has 0 radical (unpaired) electrons. The van der Waals surface area contributed by atoms with Gasteiger partial charge in [-0.15, -0.1) is 0 Å². The van der Waals surface area contributed by atoms with Crippen LogP contribution in [0.1, 0.15) is 69.4 Å². The third-order valence-electron chi connectivity index (χ3n) is 9.70. The maximum atomic E-state index is 15.5. The van der Waals surface area contributed by atoms with E-state index in [2.05, 4.69) is 20.9 Å². The lowest BCUT2D eigenvalue weighted by molar-refractivity contribution is -0.137. The highest BCUT2D eigenvalue weighted by Crippen LogP contribution is 2.48. The molecule has 2 aliphatic carbocycles. The van der Waals surface area contributed by atoms with Crippen LogP contribution >= 0.6 is 0 Å². The first-order valence-corrected chi connectivity index (χ1v) is 16.4. The van der Waals surface area contributed by atoms with Gasteiger partial charge in [-0.3, -0.25) is 19.2 Å². The lowest BCUT2D eigenvalue weighted by Gasteiger charge is -2.34. The number of nitrogens with one attached hydrogen (secondary N) is 3. The van der Waals surface area contributed by atoms with Gasteiger partial charge in [0.05, 0.1) is 11.1 Å². The lowest BCUT2D eigenvalue weighted by atomic mass is 9.83. The Morgan fingerprint density at radius 3 is 2.24 bits per heavy atom. The molecule has 10 heteroatoms. The molecule has 1 heterocycles. The summed E-state index contributed by atoms with van der Waals surface area (Å²) in [6, 6.07) is 12.6. The van der Waals surface area contributed by atoms with E-state index in [4.69, 9.17) is 0 Å². The zero-order valence-electron chi connectivity index (χ0n) is 26.4. The van der Waals surface area contributed by atoms with Crippen LogP contribution in [0.25, 0.3) is 0 Å². The van der Waals surface area contributed by atoms with E-state index in [0.717, 1.165) is 63.6 Å². The number of hydrogen-bond acceptors (Lipinski definition) is 5. The van der Waals surface area contributed by atoms with Gasteiger partial charge in [0, 0.05) is 39.0 Å². The number of piperazine rings is 1. The molecule has 242 valence electrons. The van der Waals surface area contributed by atoms with E-state index in [9.17, 15) is 19.2 Å². The van der Waals surface area contributed by atoms with Crippen LogP contribution in [0, 0.1) is 11.7 Å². The number of halogens is 1. The van der Waals surface area contributed by atoms with Crippen molar-refractivity contribution in [3.8, 4) is 0 Å². The molecular weight excluding hydrogens is 573 g/mol. The molecule has 3 aliphatic rings. The maximum absolute atomic E-state index is 15.5. The molecule has 0 unspecified atom stereocenters. The van der Waals surface area contributed by atoms with Crippen LogP contribution in [0.4, 0.5) is 10.1 Å². The van der Waals surface area contributed by atoms with Crippen LogP contribution in [-0.2, 0) is 31.0 Å². The van der Waals surface area contributed by atoms with Gasteiger partial charge in [-0.1, -0.05) is 62.6 Å². The number of carbonyl (C=O) groups is 4. The summed E-state index contributed by atoms with van der Waals surface area (Å²) in [6.45, 7) is 4.35. The maximum Gasteiger partial charge on any atom is 0.247 e. The van der Waals surface area contributed by atoms with Crippen LogP contribution in [0.2, 0.25) is 0 Å². The van der Waals surface area contributed by atoms with E-state index in [1.165, 1.54) is 12.1 Å². The van der Waals surface area contributed by atoms with Gasteiger partial charge in [0.25, 0.3) is 0 Å². The van der Waals surface area contributed by atoms with Crippen LogP contribution in [0.15, 0.2) is 48.5 Å². The molecule has 1 aliphatic heterocycles. The van der Waals surface area contributed by atoms with E-state index in [1.54, 1.807) is 17.9 Å². The van der Waals surface area contributed by atoms with Crippen molar-refractivity contribution in [2.24, 2.45) is 5.92 Å². The van der Waals surface area contributed by atoms with E-state index >= 15 is 4.39 Å². The Morgan fingerprint density at radius 2 is 1.62 bits per heavy atom. The van der Waals surface area contributed by atoms with Crippen LogP contribution < -0.4 is 16.0 Å². The standard InChI is InChI=1S/C35H46FN5O4/c1-3-30(42)37-29(33(44)41-20-18-40(2)19-21-41)23-24-14-15-28(27(36)22-24)38-32(43)31(25-10-6-4-7-11-25)39-34(45)35(16-17-35)26-12-8-5-9-13-26/h5,8-9,12-15,22,25,29,31H,3-4,6-7,10-11,16-21,23H2,1-2H3,(H,37,42)(H,38,43)(H,39,45)/t29-,31+/m1/s1. The average molecular weight is 620 g/mol. The molecule has 5 rings (SSSR count). The van der Waals surface area contributed by atoms with Crippen LogP contribution in [0.3, 0.4) is 0 Å². The Hall–Kier alpha value is -3.79. The van der Waals surface area contributed by atoms with Gasteiger partial charge in [0.1, 0.15) is 17.9 Å². The van der Waals surface area contributed by atoms with E-state index in [-0.39, 0.29) is 42.2 Å². The Kier molecular flexibility index (Phi) is 10.5. The number of nitrogens with zero attached hydrogens (tertiary/aromatic N) is 2. The lowest BCUT2D eigenvalue weighted by Crippen LogP contribution is -2.54. The molecule has 1 saturated heterocycles. The summed E-state index contributed by atoms with van der Waals surface area (Å²) < 4.78 is 15.5. The first-order chi connectivity index (χ1) is 21.7. The summed E-state index contributed by atoms with van der Waals surface area (Å²) in [6.07, 6.45) is 6.54. The fraction of sp³-hybridized carbons (Fsp3) is 0.543. The highest BCUT2D eigenvalue weighted by Gasteiger charge is 2.52. The van der Waals surface area contributed by atoms with Gasteiger partial charge in [-0.05, 0) is 61.9 Å². The number of hydrogen-bond donors (Lipinski definition) is 3. The molecule has 9 nitrogen and oxygen atoms in total. The minimum absolute atomic E-state index is 0.0162. The Bertz CT molecular complexity index is 1370. The van der Waals surface area contributed by atoms with Gasteiger partial charge in [-0.2, -0.15) is 0 Å². The minimum Gasteiger partial charge on any atom is -0.344 e. The third kappa shape index (κ3) is 7.90.